The molecule has 1 heterocycles. The number of anilines is 4. The van der Waals surface area contributed by atoms with Gasteiger partial charge < -0.3 is 10.6 Å². The summed E-state index contributed by atoms with van der Waals surface area (Å²) < 4.78 is 13.8. The molecule has 7 nitrogen and oxygen atoms in total. The number of nitrogens with zero attached hydrogens (tertiary/aromatic N) is 3. The lowest BCUT2D eigenvalue weighted by molar-refractivity contribution is -0.111. The fraction of sp³-hybridized carbons (Fsp3) is 0.0476. The molecule has 1 aromatic heterocycles. The number of nitrogens with one attached hydrogen (secondary N) is 3. The van der Waals surface area contributed by atoms with Gasteiger partial charge in [0.25, 0.3) is 0 Å². The second kappa shape index (κ2) is 9.62. The minimum atomic E-state index is -0.368. The van der Waals surface area contributed by atoms with Gasteiger partial charge in [-0.15, -0.1) is 0 Å². The maximum Gasteiger partial charge on any atom is 0.247 e. The molecule has 0 aliphatic heterocycles. The van der Waals surface area contributed by atoms with E-state index in [4.69, 9.17) is 11.6 Å². The first-order valence-electron chi connectivity index (χ1n) is 8.84. The van der Waals surface area contributed by atoms with Crippen molar-refractivity contribution in [3.8, 4) is 0 Å². The lowest BCUT2D eigenvalue weighted by Gasteiger charge is -2.10. The van der Waals surface area contributed by atoms with Crippen molar-refractivity contribution in [2.45, 2.75) is 6.92 Å². The van der Waals surface area contributed by atoms with E-state index in [2.05, 4.69) is 37.7 Å². The van der Waals surface area contributed by atoms with Crippen LogP contribution in [-0.2, 0) is 4.79 Å². The number of rotatable bonds is 7. The lowest BCUT2D eigenvalue weighted by atomic mass is 10.1. The standard InChI is InChI=1S/C21H18ClFN6O/c1-3-19(30)25-14-8-10-15(11-9-14)26-20-17(22)12-24-21(27-20)29-28-13(2)16-6-4-5-7-18(16)23/h3-12H,1H2,2H3,(H,25,30)(H2,24,26,27,29)/b28-13+. The first-order chi connectivity index (χ1) is 14.5. The third-order valence-electron chi connectivity index (χ3n) is 3.93. The van der Waals surface area contributed by atoms with Gasteiger partial charge in [0.15, 0.2) is 5.82 Å². The van der Waals surface area contributed by atoms with Crippen LogP contribution in [0, 0.1) is 5.82 Å². The Bertz CT molecular complexity index is 1100. The van der Waals surface area contributed by atoms with Gasteiger partial charge in [-0.2, -0.15) is 10.1 Å². The van der Waals surface area contributed by atoms with Gasteiger partial charge in [-0.3, -0.25) is 4.79 Å². The molecule has 0 aliphatic rings. The zero-order chi connectivity index (χ0) is 21.5. The molecular weight excluding hydrogens is 407 g/mol. The number of hydrogen-bond donors (Lipinski definition) is 3. The fourth-order valence-corrected chi connectivity index (χ4v) is 2.56. The highest BCUT2D eigenvalue weighted by Gasteiger charge is 2.08. The van der Waals surface area contributed by atoms with Gasteiger partial charge >= 0.3 is 0 Å². The average molecular weight is 425 g/mol. The summed E-state index contributed by atoms with van der Waals surface area (Å²) in [5, 5.41) is 10.2. The highest BCUT2D eigenvalue weighted by Crippen LogP contribution is 2.24. The molecule has 2 aromatic carbocycles. The molecule has 0 aliphatic carbocycles. The SMILES string of the molecule is C=CC(=O)Nc1ccc(Nc2nc(N/N=C(\C)c3ccccc3F)ncc2Cl)cc1. The molecule has 152 valence electrons. The van der Waals surface area contributed by atoms with E-state index in [0.717, 1.165) is 0 Å². The van der Waals surface area contributed by atoms with Crippen LogP contribution in [0.15, 0.2) is 72.5 Å². The van der Waals surface area contributed by atoms with Crippen molar-refractivity contribution in [3.63, 3.8) is 0 Å². The van der Waals surface area contributed by atoms with Crippen LogP contribution >= 0.6 is 11.6 Å². The van der Waals surface area contributed by atoms with Gasteiger partial charge in [0.1, 0.15) is 10.8 Å². The predicted octanol–water partition coefficient (Wildman–Crippen LogP) is 4.97. The van der Waals surface area contributed by atoms with Crippen molar-refractivity contribution < 1.29 is 9.18 Å². The third kappa shape index (κ3) is 5.39. The zero-order valence-corrected chi connectivity index (χ0v) is 16.7. The topological polar surface area (TPSA) is 91.3 Å². The molecule has 1 amide bonds. The molecule has 0 fully saturated rings. The highest BCUT2D eigenvalue weighted by molar-refractivity contribution is 6.32. The molecule has 0 bridgehead atoms. The monoisotopic (exact) mass is 424 g/mol. The van der Waals surface area contributed by atoms with E-state index in [0.29, 0.717) is 33.5 Å². The first kappa shape index (κ1) is 20.9. The number of hydrogen-bond acceptors (Lipinski definition) is 6. The molecular formula is C21H18ClFN6O. The van der Waals surface area contributed by atoms with Gasteiger partial charge in [-0.1, -0.05) is 36.4 Å². The van der Waals surface area contributed by atoms with Crippen molar-refractivity contribution in [3.05, 3.63) is 83.8 Å². The second-order valence-electron chi connectivity index (χ2n) is 6.07. The van der Waals surface area contributed by atoms with Crippen LogP contribution in [0.4, 0.5) is 27.5 Å². The fourth-order valence-electron chi connectivity index (χ4n) is 2.42. The molecule has 3 N–H and O–H groups in total. The van der Waals surface area contributed by atoms with E-state index >= 15 is 0 Å². The van der Waals surface area contributed by atoms with E-state index in [1.807, 2.05) is 0 Å². The Labute approximate surface area is 177 Å². The van der Waals surface area contributed by atoms with E-state index in [9.17, 15) is 9.18 Å². The minimum Gasteiger partial charge on any atom is -0.339 e. The minimum absolute atomic E-state index is 0.187. The number of halogens is 2. The number of carbonyl (C=O) groups is 1. The summed E-state index contributed by atoms with van der Waals surface area (Å²) in [4.78, 5) is 19.7. The molecule has 3 aromatic rings. The smallest absolute Gasteiger partial charge is 0.247 e. The Morgan fingerprint density at radius 3 is 2.57 bits per heavy atom. The van der Waals surface area contributed by atoms with Gasteiger partial charge in [0.05, 0.1) is 11.9 Å². The molecule has 0 radical (unpaired) electrons. The van der Waals surface area contributed by atoms with Crippen LogP contribution in [0.25, 0.3) is 0 Å². The first-order valence-corrected chi connectivity index (χ1v) is 9.22. The number of hydrazone groups is 1. The number of carbonyl (C=O) groups excluding carboxylic acids is 1. The Kier molecular flexibility index (Phi) is 6.71. The van der Waals surface area contributed by atoms with Crippen molar-refractivity contribution in [1.82, 2.24) is 9.97 Å². The molecule has 0 saturated carbocycles. The van der Waals surface area contributed by atoms with Crippen molar-refractivity contribution >= 4 is 46.4 Å². The second-order valence-corrected chi connectivity index (χ2v) is 6.48. The Hall–Kier alpha value is -3.78. The Morgan fingerprint density at radius 2 is 1.87 bits per heavy atom. The molecule has 0 spiro atoms. The largest absolute Gasteiger partial charge is 0.339 e. The van der Waals surface area contributed by atoms with Crippen LogP contribution in [0.5, 0.6) is 0 Å². The van der Waals surface area contributed by atoms with Crippen LogP contribution in [0.3, 0.4) is 0 Å². The van der Waals surface area contributed by atoms with E-state index in [1.54, 1.807) is 49.4 Å². The molecule has 0 unspecified atom stereocenters. The molecule has 30 heavy (non-hydrogen) atoms. The van der Waals surface area contributed by atoms with Crippen molar-refractivity contribution in [1.29, 1.82) is 0 Å². The van der Waals surface area contributed by atoms with E-state index in [1.165, 1.54) is 18.3 Å². The van der Waals surface area contributed by atoms with Gasteiger partial charge in [-0.25, -0.2) is 14.8 Å². The van der Waals surface area contributed by atoms with E-state index in [-0.39, 0.29) is 17.7 Å². The number of aromatic nitrogens is 2. The van der Waals surface area contributed by atoms with E-state index < -0.39 is 0 Å². The summed E-state index contributed by atoms with van der Waals surface area (Å²) in [5.41, 5.74) is 4.85. The molecule has 0 saturated heterocycles. The molecule has 9 heteroatoms. The summed E-state index contributed by atoms with van der Waals surface area (Å²) in [6.45, 7) is 5.08. The predicted molar refractivity (Wildman–Crippen MR) is 118 cm³/mol. The van der Waals surface area contributed by atoms with Crippen LogP contribution < -0.4 is 16.1 Å². The lowest BCUT2D eigenvalue weighted by Crippen LogP contribution is -2.07. The van der Waals surface area contributed by atoms with Gasteiger partial charge in [0.2, 0.25) is 11.9 Å². The van der Waals surface area contributed by atoms with Gasteiger partial charge in [-0.05, 0) is 43.3 Å². The quantitative estimate of drug-likeness (QED) is 0.283. The van der Waals surface area contributed by atoms with Crippen molar-refractivity contribution in [2.75, 3.05) is 16.1 Å². The summed E-state index contributed by atoms with van der Waals surface area (Å²) in [5.74, 6) is -0.118. The maximum atomic E-state index is 13.8. The summed E-state index contributed by atoms with van der Waals surface area (Å²) in [6, 6.07) is 13.3. The maximum absolute atomic E-state index is 13.8. The summed E-state index contributed by atoms with van der Waals surface area (Å²) in [6.07, 6.45) is 2.61. The normalized spacial score (nSPS) is 11.0. The van der Waals surface area contributed by atoms with Crippen molar-refractivity contribution in [2.24, 2.45) is 5.10 Å². The Balaban J connectivity index is 1.72. The number of benzene rings is 2. The molecule has 3 rings (SSSR count). The van der Waals surface area contributed by atoms with Crippen LogP contribution in [0.1, 0.15) is 12.5 Å². The van der Waals surface area contributed by atoms with Crippen LogP contribution in [-0.4, -0.2) is 21.6 Å². The average Bonchev–Trinajstić information content (AvgIpc) is 2.75. The summed E-state index contributed by atoms with van der Waals surface area (Å²) in [7, 11) is 0. The third-order valence-corrected chi connectivity index (χ3v) is 4.21. The zero-order valence-electron chi connectivity index (χ0n) is 16.0. The van der Waals surface area contributed by atoms with Gasteiger partial charge in [0, 0.05) is 16.9 Å². The summed E-state index contributed by atoms with van der Waals surface area (Å²) >= 11 is 6.18. The highest BCUT2D eigenvalue weighted by atomic mass is 35.5. The number of amides is 1. The Morgan fingerprint density at radius 1 is 1.17 bits per heavy atom. The molecule has 0 atom stereocenters. The van der Waals surface area contributed by atoms with Crippen LogP contribution in [0.2, 0.25) is 5.02 Å².